The van der Waals surface area contributed by atoms with Gasteiger partial charge in [0, 0.05) is 0 Å². The fraction of sp³-hybridized carbons (Fsp3) is 0. The molecular weight excluding hydrogens is 889 g/mol. The molecule has 0 fully saturated rings. The van der Waals surface area contributed by atoms with Gasteiger partial charge in [-0.25, -0.2) is 0 Å². The molecule has 0 aliphatic heterocycles. The smallest absolute Gasteiger partial charge is 0.00139 e. The zero-order valence-electron chi connectivity index (χ0n) is 40.6. The lowest BCUT2D eigenvalue weighted by atomic mass is 9.81. The van der Waals surface area contributed by atoms with E-state index in [0.29, 0.717) is 0 Å². The van der Waals surface area contributed by atoms with E-state index < -0.39 is 0 Å². The lowest BCUT2D eigenvalue weighted by Crippen LogP contribution is -1.95. The van der Waals surface area contributed by atoms with Gasteiger partial charge in [0.05, 0.1) is 0 Å². The highest BCUT2D eigenvalue weighted by molar-refractivity contribution is 6.32. The predicted molar refractivity (Wildman–Crippen MR) is 318 cm³/mol. The van der Waals surface area contributed by atoms with Crippen LogP contribution in [0.5, 0.6) is 0 Å². The lowest BCUT2D eigenvalue weighted by molar-refractivity contribution is 1.60. The van der Waals surface area contributed by atoms with Crippen molar-refractivity contribution in [3.63, 3.8) is 0 Å². The molecule has 0 radical (unpaired) electrons. The number of benzene rings is 15. The number of hydrogen-bond acceptors (Lipinski definition) is 0. The summed E-state index contributed by atoms with van der Waals surface area (Å²) in [5, 5.41) is 17.5. The first-order chi connectivity index (χ1) is 36.6. The van der Waals surface area contributed by atoms with Gasteiger partial charge >= 0.3 is 0 Å². The molecule has 0 aliphatic rings. The highest BCUT2D eigenvalue weighted by atomic mass is 14.3. The van der Waals surface area contributed by atoms with Gasteiger partial charge in [-0.3, -0.25) is 0 Å². The van der Waals surface area contributed by atoms with Crippen molar-refractivity contribution in [1.82, 2.24) is 0 Å². The Kier molecular flexibility index (Phi) is 9.68. The van der Waals surface area contributed by atoms with Crippen LogP contribution < -0.4 is 0 Å². The summed E-state index contributed by atoms with van der Waals surface area (Å²) in [5.41, 5.74) is 16.9. The zero-order valence-corrected chi connectivity index (χ0v) is 40.6. The fourth-order valence-electron chi connectivity index (χ4n) is 12.0. The first kappa shape index (κ1) is 42.1. The molecule has 0 N–H and O–H groups in total. The Morgan fingerprint density at radius 1 is 0.135 bits per heavy atom. The average Bonchev–Trinajstić information content (AvgIpc) is 3.53. The van der Waals surface area contributed by atoms with Crippen molar-refractivity contribution in [1.29, 1.82) is 0 Å². The molecule has 0 heterocycles. The number of fused-ring (bicyclic) bond motifs is 4. The summed E-state index contributed by atoms with van der Waals surface area (Å²) < 4.78 is 0. The third-order valence-electron chi connectivity index (χ3n) is 15.7. The summed E-state index contributed by atoms with van der Waals surface area (Å²) in [5.74, 6) is 0. The zero-order chi connectivity index (χ0) is 48.7. The summed E-state index contributed by atoms with van der Waals surface area (Å²) in [6.07, 6.45) is 0. The first-order valence-electron chi connectivity index (χ1n) is 25.7. The van der Waals surface area contributed by atoms with Gasteiger partial charge in [-0.15, -0.1) is 0 Å². The van der Waals surface area contributed by atoms with Gasteiger partial charge in [0.25, 0.3) is 0 Å². The minimum Gasteiger partial charge on any atom is -0.0616 e. The summed E-state index contributed by atoms with van der Waals surface area (Å²) in [4.78, 5) is 0. The Hall–Kier alpha value is -9.62. The Bertz CT molecular complexity index is 4580. The van der Waals surface area contributed by atoms with Crippen LogP contribution in [0.1, 0.15) is 0 Å². The molecular formula is C74H46. The van der Waals surface area contributed by atoms with Gasteiger partial charge in [-0.05, 0) is 208 Å². The van der Waals surface area contributed by atoms with Gasteiger partial charge in [-0.1, -0.05) is 224 Å². The highest BCUT2D eigenvalue weighted by Crippen LogP contribution is 2.50. The van der Waals surface area contributed by atoms with E-state index in [1.54, 1.807) is 0 Å². The molecule has 0 aromatic heterocycles. The van der Waals surface area contributed by atoms with Crippen LogP contribution in [-0.4, -0.2) is 0 Å². The van der Waals surface area contributed by atoms with Gasteiger partial charge in [0.2, 0.25) is 0 Å². The topological polar surface area (TPSA) is 0 Å². The van der Waals surface area contributed by atoms with Crippen LogP contribution in [-0.2, 0) is 0 Å². The number of hydrogen-bond donors (Lipinski definition) is 0. The van der Waals surface area contributed by atoms with Gasteiger partial charge in [0.15, 0.2) is 0 Å². The van der Waals surface area contributed by atoms with Crippen molar-refractivity contribution in [2.75, 3.05) is 0 Å². The summed E-state index contributed by atoms with van der Waals surface area (Å²) in [7, 11) is 0. The van der Waals surface area contributed by atoms with Crippen LogP contribution in [0.2, 0.25) is 0 Å². The summed E-state index contributed by atoms with van der Waals surface area (Å²) >= 11 is 0. The minimum atomic E-state index is 1.19. The molecule has 0 heteroatoms. The van der Waals surface area contributed by atoms with Crippen LogP contribution >= 0.6 is 0 Å². The monoisotopic (exact) mass is 934 g/mol. The highest BCUT2D eigenvalue weighted by Gasteiger charge is 2.22. The molecule has 0 aliphatic carbocycles. The first-order valence-corrected chi connectivity index (χ1v) is 25.7. The maximum atomic E-state index is 2.47. The van der Waals surface area contributed by atoms with Crippen molar-refractivity contribution in [3.8, 4) is 77.9 Å². The summed E-state index contributed by atoms with van der Waals surface area (Å²) in [6.45, 7) is 0. The Morgan fingerprint density at radius 2 is 0.365 bits per heavy atom. The Morgan fingerprint density at radius 3 is 0.676 bits per heavy atom. The van der Waals surface area contributed by atoms with E-state index in [-0.39, 0.29) is 0 Å². The van der Waals surface area contributed by atoms with E-state index in [2.05, 4.69) is 279 Å². The van der Waals surface area contributed by atoms with Crippen molar-refractivity contribution >= 4 is 75.4 Å². The fourth-order valence-corrected chi connectivity index (χ4v) is 12.0. The second-order valence-corrected chi connectivity index (χ2v) is 20.0. The van der Waals surface area contributed by atoms with Gasteiger partial charge in [-0.2, -0.15) is 0 Å². The van der Waals surface area contributed by atoms with Crippen LogP contribution in [0.3, 0.4) is 0 Å². The number of rotatable bonds is 7. The molecule has 0 unspecified atom stereocenters. The molecule has 74 heavy (non-hydrogen) atoms. The van der Waals surface area contributed by atoms with Crippen molar-refractivity contribution < 1.29 is 0 Å². The second kappa shape index (κ2) is 17.0. The van der Waals surface area contributed by atoms with Crippen LogP contribution in [0.25, 0.3) is 153 Å². The maximum Gasteiger partial charge on any atom is -0.00139 e. The Labute approximate surface area is 430 Å². The van der Waals surface area contributed by atoms with Crippen LogP contribution in [0, 0.1) is 0 Å². The van der Waals surface area contributed by atoms with E-state index in [9.17, 15) is 0 Å². The van der Waals surface area contributed by atoms with E-state index in [0.717, 1.165) is 0 Å². The van der Waals surface area contributed by atoms with Gasteiger partial charge in [0.1, 0.15) is 0 Å². The maximum absolute atomic E-state index is 2.47. The molecule has 15 aromatic carbocycles. The van der Waals surface area contributed by atoms with Crippen molar-refractivity contribution in [3.05, 3.63) is 279 Å². The second-order valence-electron chi connectivity index (χ2n) is 20.0. The minimum absolute atomic E-state index is 1.19. The van der Waals surface area contributed by atoms with E-state index in [4.69, 9.17) is 0 Å². The van der Waals surface area contributed by atoms with Crippen LogP contribution in [0.4, 0.5) is 0 Å². The predicted octanol–water partition coefficient (Wildman–Crippen LogP) is 20.9. The standard InChI is InChI=1S/C74H46/c1-5-16-51-38-58(30-26-47(51)12-1)55-20-9-23-61(42-55)69-45-70(62-24-10-21-56(43-62)59-31-27-48-13-2-6-17-52(48)39-59)66-36-37-68-72(64-33-29-50-15-4-8-19-54(50)41-64)46-71(67-35-34-65(69)73(66)74(67)68)63-25-11-22-57(44-63)60-32-28-49-14-3-7-18-53(49)40-60/h1-46H. The largest absolute Gasteiger partial charge is 0.0616 e. The third kappa shape index (κ3) is 7.07. The molecule has 0 spiro atoms. The molecule has 0 amide bonds. The van der Waals surface area contributed by atoms with Crippen molar-refractivity contribution in [2.45, 2.75) is 0 Å². The molecule has 0 atom stereocenters. The van der Waals surface area contributed by atoms with Gasteiger partial charge < -0.3 is 0 Å². The van der Waals surface area contributed by atoms with Crippen LogP contribution in [0.15, 0.2) is 279 Å². The van der Waals surface area contributed by atoms with E-state index in [1.165, 1.54) is 153 Å². The molecule has 0 saturated heterocycles. The lowest BCUT2D eigenvalue weighted by Gasteiger charge is -2.22. The molecule has 15 aromatic rings. The van der Waals surface area contributed by atoms with E-state index >= 15 is 0 Å². The molecule has 0 nitrogen and oxygen atoms in total. The quantitative estimate of drug-likeness (QED) is 0.140. The van der Waals surface area contributed by atoms with E-state index in [1.807, 2.05) is 0 Å². The normalized spacial score (nSPS) is 11.8. The molecule has 342 valence electrons. The SMILES string of the molecule is c1cc(-c2ccc3ccccc3c2)cc(-c2cc(-c3cccc(-c4ccc5ccccc5c4)c3)c3ccc4c(-c5ccc6ccccc6c5)cc(-c5cccc(-c6ccc7ccccc7c6)c5)c5ccc2c3c54)c1. The molecule has 0 saturated carbocycles. The average molecular weight is 935 g/mol. The summed E-state index contributed by atoms with van der Waals surface area (Å²) in [6, 6.07) is 104. The van der Waals surface area contributed by atoms with Crippen molar-refractivity contribution in [2.24, 2.45) is 0 Å². The Balaban J connectivity index is 1.01. The molecule has 0 bridgehead atoms. The third-order valence-corrected chi connectivity index (χ3v) is 15.7. The molecule has 15 rings (SSSR count).